The molecular weight excluding hydrogens is 341 g/mol. The summed E-state index contributed by atoms with van der Waals surface area (Å²) in [5.41, 5.74) is 3.12. The van der Waals surface area contributed by atoms with Gasteiger partial charge in [0.1, 0.15) is 11.6 Å². The molecule has 0 aliphatic rings. The molecule has 27 heavy (non-hydrogen) atoms. The van der Waals surface area contributed by atoms with E-state index in [2.05, 4.69) is 22.5 Å². The van der Waals surface area contributed by atoms with Gasteiger partial charge in [-0.25, -0.2) is 9.37 Å². The molecule has 1 amide bonds. The molecule has 138 valence electrons. The molecule has 5 heteroatoms. The number of aromatic nitrogens is 1. The fourth-order valence-electron chi connectivity index (χ4n) is 2.69. The minimum absolute atomic E-state index is 0.203. The van der Waals surface area contributed by atoms with Crippen molar-refractivity contribution in [1.82, 2.24) is 4.98 Å². The molecule has 0 bridgehead atoms. The van der Waals surface area contributed by atoms with Crippen LogP contribution in [0.15, 0.2) is 66.9 Å². The Bertz CT molecular complexity index is 892. The number of rotatable bonds is 7. The summed E-state index contributed by atoms with van der Waals surface area (Å²) in [6.07, 6.45) is 3.05. The first-order valence-corrected chi connectivity index (χ1v) is 8.99. The van der Waals surface area contributed by atoms with Crippen LogP contribution in [0, 0.1) is 5.82 Å². The highest BCUT2D eigenvalue weighted by Crippen LogP contribution is 2.13. The normalized spacial score (nSPS) is 10.4. The molecule has 2 aromatic carbocycles. The van der Waals surface area contributed by atoms with Gasteiger partial charge in [-0.05, 0) is 54.3 Å². The van der Waals surface area contributed by atoms with E-state index in [-0.39, 0.29) is 11.7 Å². The van der Waals surface area contributed by atoms with Crippen molar-refractivity contribution in [2.75, 3.05) is 17.2 Å². The topological polar surface area (TPSA) is 54.0 Å². The molecule has 0 atom stereocenters. The van der Waals surface area contributed by atoms with E-state index < -0.39 is 0 Å². The van der Waals surface area contributed by atoms with Crippen LogP contribution in [0.5, 0.6) is 0 Å². The van der Waals surface area contributed by atoms with Crippen LogP contribution in [0.2, 0.25) is 0 Å². The highest BCUT2D eigenvalue weighted by Gasteiger charge is 2.07. The third kappa shape index (κ3) is 5.14. The smallest absolute Gasteiger partial charge is 0.257 e. The largest absolute Gasteiger partial charge is 0.370 e. The van der Waals surface area contributed by atoms with Gasteiger partial charge in [-0.15, -0.1) is 0 Å². The van der Waals surface area contributed by atoms with Crippen LogP contribution in [0.25, 0.3) is 0 Å². The Morgan fingerprint density at radius 3 is 2.48 bits per heavy atom. The molecule has 0 unspecified atom stereocenters. The summed E-state index contributed by atoms with van der Waals surface area (Å²) in [5, 5.41) is 6.00. The third-order valence-corrected chi connectivity index (χ3v) is 4.30. The Morgan fingerprint density at radius 2 is 1.81 bits per heavy atom. The van der Waals surface area contributed by atoms with Gasteiger partial charge in [0.05, 0.1) is 5.56 Å². The second-order valence-electron chi connectivity index (χ2n) is 6.20. The van der Waals surface area contributed by atoms with Gasteiger partial charge in [0.15, 0.2) is 0 Å². The molecule has 4 nitrogen and oxygen atoms in total. The molecule has 0 fully saturated rings. The summed E-state index contributed by atoms with van der Waals surface area (Å²) in [4.78, 5) is 16.6. The number of pyridine rings is 1. The molecule has 1 heterocycles. The van der Waals surface area contributed by atoms with Crippen LogP contribution in [0.4, 0.5) is 15.9 Å². The average Bonchev–Trinajstić information content (AvgIpc) is 2.70. The van der Waals surface area contributed by atoms with Gasteiger partial charge in [-0.1, -0.05) is 37.3 Å². The Kier molecular flexibility index (Phi) is 6.15. The molecule has 1 aromatic heterocycles. The zero-order chi connectivity index (χ0) is 19.1. The van der Waals surface area contributed by atoms with Gasteiger partial charge in [0.25, 0.3) is 5.91 Å². The van der Waals surface area contributed by atoms with Gasteiger partial charge < -0.3 is 10.6 Å². The maximum atomic E-state index is 13.6. The van der Waals surface area contributed by atoms with E-state index in [1.807, 2.05) is 30.3 Å². The number of amides is 1. The number of carbonyl (C=O) groups is 1. The van der Waals surface area contributed by atoms with Crippen molar-refractivity contribution >= 4 is 17.4 Å². The monoisotopic (exact) mass is 363 g/mol. The number of aryl methyl sites for hydroxylation is 1. The lowest BCUT2D eigenvalue weighted by Crippen LogP contribution is -2.13. The highest BCUT2D eigenvalue weighted by molar-refractivity contribution is 6.04. The number of nitrogens with zero attached hydrogens (tertiary/aromatic N) is 1. The van der Waals surface area contributed by atoms with E-state index in [1.54, 1.807) is 24.3 Å². The SMILES string of the molecule is CCc1ccc(NC(=O)c2ccc(NCCc3ccccc3F)nc2)cc1. The van der Waals surface area contributed by atoms with Crippen LogP contribution in [0.1, 0.15) is 28.4 Å². The average molecular weight is 363 g/mol. The first-order chi connectivity index (χ1) is 13.2. The van der Waals surface area contributed by atoms with Crippen molar-refractivity contribution in [3.8, 4) is 0 Å². The maximum absolute atomic E-state index is 13.6. The molecule has 0 aliphatic heterocycles. The van der Waals surface area contributed by atoms with Crippen LogP contribution in [0.3, 0.4) is 0 Å². The quantitative estimate of drug-likeness (QED) is 0.640. The van der Waals surface area contributed by atoms with Crippen molar-refractivity contribution in [3.05, 3.63) is 89.4 Å². The molecule has 0 radical (unpaired) electrons. The van der Waals surface area contributed by atoms with E-state index in [0.717, 1.165) is 12.1 Å². The summed E-state index contributed by atoms with van der Waals surface area (Å²) in [6, 6.07) is 18.0. The van der Waals surface area contributed by atoms with E-state index in [9.17, 15) is 9.18 Å². The van der Waals surface area contributed by atoms with Gasteiger partial charge in [0.2, 0.25) is 0 Å². The van der Waals surface area contributed by atoms with Crippen molar-refractivity contribution in [2.45, 2.75) is 19.8 Å². The first kappa shape index (κ1) is 18.6. The van der Waals surface area contributed by atoms with Gasteiger partial charge >= 0.3 is 0 Å². The van der Waals surface area contributed by atoms with E-state index in [0.29, 0.717) is 29.9 Å². The molecule has 0 saturated heterocycles. The minimum Gasteiger partial charge on any atom is -0.370 e. The first-order valence-electron chi connectivity index (χ1n) is 8.99. The molecule has 0 saturated carbocycles. The number of hydrogen-bond donors (Lipinski definition) is 2. The van der Waals surface area contributed by atoms with Gasteiger partial charge in [-0.2, -0.15) is 0 Å². The fourth-order valence-corrected chi connectivity index (χ4v) is 2.69. The Balaban J connectivity index is 1.53. The predicted octanol–water partition coefficient (Wildman–Crippen LogP) is 4.69. The second-order valence-corrected chi connectivity index (χ2v) is 6.20. The van der Waals surface area contributed by atoms with E-state index in [1.165, 1.54) is 17.8 Å². The molecule has 2 N–H and O–H groups in total. The predicted molar refractivity (Wildman–Crippen MR) is 107 cm³/mol. The molecular formula is C22H22FN3O. The van der Waals surface area contributed by atoms with Gasteiger partial charge in [0, 0.05) is 18.4 Å². The Hall–Kier alpha value is -3.21. The van der Waals surface area contributed by atoms with Crippen molar-refractivity contribution < 1.29 is 9.18 Å². The van der Waals surface area contributed by atoms with Crippen LogP contribution in [-0.2, 0) is 12.8 Å². The van der Waals surface area contributed by atoms with Crippen molar-refractivity contribution in [3.63, 3.8) is 0 Å². The number of carbonyl (C=O) groups excluding carboxylic acids is 1. The van der Waals surface area contributed by atoms with E-state index in [4.69, 9.17) is 0 Å². The maximum Gasteiger partial charge on any atom is 0.257 e. The standard InChI is InChI=1S/C22H22FN3O/c1-2-16-7-10-19(11-8-16)26-22(27)18-9-12-21(25-15-18)24-14-13-17-5-3-4-6-20(17)23/h3-12,15H,2,13-14H2,1H3,(H,24,25)(H,26,27). The lowest BCUT2D eigenvalue weighted by Gasteiger charge is -2.08. The number of benzene rings is 2. The molecule has 0 aliphatic carbocycles. The second kappa shape index (κ2) is 8.94. The summed E-state index contributed by atoms with van der Waals surface area (Å²) >= 11 is 0. The minimum atomic E-state index is -0.204. The van der Waals surface area contributed by atoms with Gasteiger partial charge in [-0.3, -0.25) is 4.79 Å². The summed E-state index contributed by atoms with van der Waals surface area (Å²) in [7, 11) is 0. The highest BCUT2D eigenvalue weighted by atomic mass is 19.1. The third-order valence-electron chi connectivity index (χ3n) is 4.30. The number of nitrogens with one attached hydrogen (secondary N) is 2. The molecule has 3 aromatic rings. The van der Waals surface area contributed by atoms with Crippen LogP contribution < -0.4 is 10.6 Å². The zero-order valence-corrected chi connectivity index (χ0v) is 15.2. The summed E-state index contributed by atoms with van der Waals surface area (Å²) < 4.78 is 13.6. The summed E-state index contributed by atoms with van der Waals surface area (Å²) in [5.74, 6) is 0.242. The number of hydrogen-bond acceptors (Lipinski definition) is 3. The van der Waals surface area contributed by atoms with Crippen LogP contribution in [-0.4, -0.2) is 17.4 Å². The summed E-state index contributed by atoms with van der Waals surface area (Å²) in [6.45, 7) is 2.65. The lowest BCUT2D eigenvalue weighted by molar-refractivity contribution is 0.102. The Morgan fingerprint density at radius 1 is 1.04 bits per heavy atom. The zero-order valence-electron chi connectivity index (χ0n) is 15.2. The number of halogens is 1. The number of anilines is 2. The van der Waals surface area contributed by atoms with Crippen molar-refractivity contribution in [1.29, 1.82) is 0 Å². The molecule has 3 rings (SSSR count). The van der Waals surface area contributed by atoms with Crippen molar-refractivity contribution in [2.24, 2.45) is 0 Å². The fraction of sp³-hybridized carbons (Fsp3) is 0.182. The van der Waals surface area contributed by atoms with Crippen LogP contribution >= 0.6 is 0 Å². The Labute approximate surface area is 158 Å². The molecule has 0 spiro atoms. The lowest BCUT2D eigenvalue weighted by atomic mass is 10.1. The van der Waals surface area contributed by atoms with E-state index >= 15 is 0 Å².